The van der Waals surface area contributed by atoms with E-state index >= 15 is 0 Å². The van der Waals surface area contributed by atoms with E-state index in [9.17, 15) is 19.7 Å². The average molecular weight is 353 g/mol. The van der Waals surface area contributed by atoms with Crippen LogP contribution in [0.1, 0.15) is 44.2 Å². The molecule has 0 spiro atoms. The maximum absolute atomic E-state index is 11.8. The van der Waals surface area contributed by atoms with Crippen molar-refractivity contribution in [2.45, 2.75) is 38.6 Å². The number of carbonyl (C=O) groups excluding carboxylic acids is 1. The van der Waals surface area contributed by atoms with Crippen LogP contribution in [0.3, 0.4) is 0 Å². The number of rotatable bonds is 11. The van der Waals surface area contributed by atoms with Crippen molar-refractivity contribution in [1.29, 1.82) is 0 Å². The highest BCUT2D eigenvalue weighted by atomic mass is 16.6. The van der Waals surface area contributed by atoms with Gasteiger partial charge in [-0.05, 0) is 38.4 Å². The maximum atomic E-state index is 11.8. The zero-order valence-corrected chi connectivity index (χ0v) is 14.1. The molecule has 0 saturated heterocycles. The zero-order valence-electron chi connectivity index (χ0n) is 14.1. The summed E-state index contributed by atoms with van der Waals surface area (Å²) >= 11 is 0. The van der Waals surface area contributed by atoms with E-state index in [1.165, 1.54) is 18.2 Å². The van der Waals surface area contributed by atoms with Crippen LogP contribution in [0.2, 0.25) is 0 Å². The topological polar surface area (TPSA) is 145 Å². The summed E-state index contributed by atoms with van der Waals surface area (Å²) in [6, 6.07) is 3.68. The van der Waals surface area contributed by atoms with Crippen LogP contribution in [0.4, 0.5) is 5.69 Å². The van der Waals surface area contributed by atoms with Gasteiger partial charge in [-0.2, -0.15) is 0 Å². The highest BCUT2D eigenvalue weighted by molar-refractivity contribution is 5.76. The van der Waals surface area contributed by atoms with E-state index < -0.39 is 16.9 Å². The maximum Gasteiger partial charge on any atom is 0.303 e. The quantitative estimate of drug-likeness (QED) is 0.312. The molecule has 1 amide bonds. The first kappa shape index (κ1) is 20.4. The lowest BCUT2D eigenvalue weighted by Gasteiger charge is -2.16. The van der Waals surface area contributed by atoms with Crippen molar-refractivity contribution in [2.75, 3.05) is 13.2 Å². The van der Waals surface area contributed by atoms with Gasteiger partial charge in [0.2, 0.25) is 5.91 Å². The lowest BCUT2D eigenvalue weighted by atomic mass is 10.1. The summed E-state index contributed by atoms with van der Waals surface area (Å²) in [6.45, 7) is 2.22. The largest absolute Gasteiger partial charge is 0.494 e. The molecule has 0 fully saturated rings. The molecule has 0 aliphatic rings. The number of hydrogen-bond donors (Lipinski definition) is 3. The van der Waals surface area contributed by atoms with Gasteiger partial charge in [0, 0.05) is 18.9 Å². The Morgan fingerprint density at radius 2 is 2.08 bits per heavy atom. The molecule has 1 aromatic carbocycles. The first-order valence-electron chi connectivity index (χ1n) is 7.97. The van der Waals surface area contributed by atoms with E-state index in [0.717, 1.165) is 0 Å². The molecule has 1 rings (SSSR count). The van der Waals surface area contributed by atoms with Gasteiger partial charge in [0.05, 0.1) is 23.1 Å². The van der Waals surface area contributed by atoms with E-state index in [1.54, 1.807) is 6.92 Å². The van der Waals surface area contributed by atoms with Crippen LogP contribution in [0.25, 0.3) is 0 Å². The molecule has 0 saturated carbocycles. The Bertz CT molecular complexity index is 620. The first-order valence-corrected chi connectivity index (χ1v) is 7.97. The minimum absolute atomic E-state index is 0.0204. The van der Waals surface area contributed by atoms with Gasteiger partial charge in [-0.1, -0.05) is 0 Å². The Morgan fingerprint density at radius 1 is 1.36 bits per heavy atom. The minimum atomic E-state index is -0.915. The minimum Gasteiger partial charge on any atom is -0.494 e. The lowest BCUT2D eigenvalue weighted by Crippen LogP contribution is -2.27. The summed E-state index contributed by atoms with van der Waals surface area (Å²) in [6.07, 6.45) is 1.09. The van der Waals surface area contributed by atoms with Crippen molar-refractivity contribution in [3.05, 3.63) is 33.9 Å². The summed E-state index contributed by atoms with van der Waals surface area (Å²) in [5.41, 5.74) is 5.56. The number of aliphatic carboxylic acids is 1. The molecule has 9 heteroatoms. The summed E-state index contributed by atoms with van der Waals surface area (Å²) in [4.78, 5) is 33.0. The van der Waals surface area contributed by atoms with Gasteiger partial charge in [0.15, 0.2) is 0 Å². The van der Waals surface area contributed by atoms with E-state index in [2.05, 4.69) is 5.32 Å². The van der Waals surface area contributed by atoms with Crippen LogP contribution in [0.15, 0.2) is 18.2 Å². The number of carbonyl (C=O) groups is 2. The molecule has 0 heterocycles. The van der Waals surface area contributed by atoms with Crippen molar-refractivity contribution in [3.8, 4) is 5.75 Å². The first-order chi connectivity index (χ1) is 11.8. The number of ether oxygens (including phenoxy) is 1. The number of nitrogens with zero attached hydrogens (tertiary/aromatic N) is 1. The van der Waals surface area contributed by atoms with Gasteiger partial charge in [0.25, 0.3) is 5.69 Å². The molecule has 1 atom stereocenters. The molecule has 138 valence electrons. The van der Waals surface area contributed by atoms with Gasteiger partial charge >= 0.3 is 5.97 Å². The zero-order chi connectivity index (χ0) is 18.8. The Labute approximate surface area is 145 Å². The van der Waals surface area contributed by atoms with Gasteiger partial charge < -0.3 is 20.9 Å². The fourth-order valence-corrected chi connectivity index (χ4v) is 2.20. The average Bonchev–Trinajstić information content (AvgIpc) is 2.56. The number of nitro benzene ring substituents is 1. The monoisotopic (exact) mass is 353 g/mol. The fraction of sp³-hybridized carbons (Fsp3) is 0.500. The van der Waals surface area contributed by atoms with Crippen molar-refractivity contribution < 1.29 is 24.4 Å². The van der Waals surface area contributed by atoms with Gasteiger partial charge in [-0.15, -0.1) is 0 Å². The van der Waals surface area contributed by atoms with Gasteiger partial charge in [0.1, 0.15) is 5.75 Å². The number of nitro groups is 1. The molecular formula is C16H23N3O6. The van der Waals surface area contributed by atoms with Gasteiger partial charge in [-0.25, -0.2) is 0 Å². The molecule has 0 aromatic heterocycles. The molecule has 0 radical (unpaired) electrons. The normalized spacial score (nSPS) is 11.6. The summed E-state index contributed by atoms with van der Waals surface area (Å²) < 4.78 is 5.44. The van der Waals surface area contributed by atoms with Crippen molar-refractivity contribution in [3.63, 3.8) is 0 Å². The second-order valence-electron chi connectivity index (χ2n) is 5.50. The number of hydrogen-bond acceptors (Lipinski definition) is 6. The number of benzene rings is 1. The molecule has 0 aliphatic heterocycles. The lowest BCUT2D eigenvalue weighted by molar-refractivity contribution is -0.385. The number of nitrogens with two attached hydrogens (primary N) is 1. The smallest absolute Gasteiger partial charge is 0.303 e. The summed E-state index contributed by atoms with van der Waals surface area (Å²) in [7, 11) is 0. The van der Waals surface area contributed by atoms with E-state index in [4.69, 9.17) is 15.6 Å². The SMILES string of the molecule is CC(NC(=O)CCCN)c1cc(OCCCC(=O)O)ccc1[N+](=O)[O-]. The number of nitrogens with one attached hydrogen (secondary N) is 1. The predicted molar refractivity (Wildman–Crippen MR) is 90.3 cm³/mol. The molecule has 25 heavy (non-hydrogen) atoms. The van der Waals surface area contributed by atoms with E-state index in [1.807, 2.05) is 0 Å². The molecule has 0 bridgehead atoms. The van der Waals surface area contributed by atoms with Crippen LogP contribution in [-0.4, -0.2) is 35.1 Å². The van der Waals surface area contributed by atoms with Crippen LogP contribution < -0.4 is 15.8 Å². The highest BCUT2D eigenvalue weighted by Gasteiger charge is 2.21. The summed E-state index contributed by atoms with van der Waals surface area (Å²) in [5, 5.41) is 22.5. The Hall–Kier alpha value is -2.68. The molecular weight excluding hydrogens is 330 g/mol. The number of carboxylic acid groups (broad SMARTS) is 1. The standard InChI is InChI=1S/C16H23N3O6/c1-11(18-15(20)4-2-8-17)13-10-12(6-7-14(13)19(23)24)25-9-3-5-16(21)22/h6-7,10-11H,2-5,8-9,17H2,1H3,(H,18,20)(H,21,22). The third-order valence-electron chi connectivity index (χ3n) is 3.45. The van der Waals surface area contributed by atoms with Crippen LogP contribution in [0, 0.1) is 10.1 Å². The third-order valence-corrected chi connectivity index (χ3v) is 3.45. The molecule has 9 nitrogen and oxygen atoms in total. The Morgan fingerprint density at radius 3 is 2.68 bits per heavy atom. The molecule has 0 aliphatic carbocycles. The Balaban J connectivity index is 2.82. The van der Waals surface area contributed by atoms with Gasteiger partial charge in [-0.3, -0.25) is 19.7 Å². The summed E-state index contributed by atoms with van der Waals surface area (Å²) in [5.74, 6) is -0.768. The van der Waals surface area contributed by atoms with Crippen LogP contribution in [-0.2, 0) is 9.59 Å². The van der Waals surface area contributed by atoms with Crippen LogP contribution in [0.5, 0.6) is 5.75 Å². The predicted octanol–water partition coefficient (Wildman–Crippen LogP) is 1.75. The van der Waals surface area contributed by atoms with Crippen LogP contribution >= 0.6 is 0 Å². The Kier molecular flexibility index (Phi) is 8.34. The molecule has 1 aromatic rings. The van der Waals surface area contributed by atoms with Crippen molar-refractivity contribution >= 4 is 17.6 Å². The molecule has 1 unspecified atom stereocenters. The van der Waals surface area contributed by atoms with Crippen molar-refractivity contribution in [1.82, 2.24) is 5.32 Å². The second kappa shape index (κ2) is 10.2. The van der Waals surface area contributed by atoms with E-state index in [0.29, 0.717) is 30.7 Å². The highest BCUT2D eigenvalue weighted by Crippen LogP contribution is 2.29. The van der Waals surface area contributed by atoms with Crippen molar-refractivity contribution in [2.24, 2.45) is 5.73 Å². The second-order valence-corrected chi connectivity index (χ2v) is 5.50. The van der Waals surface area contributed by atoms with E-state index in [-0.39, 0.29) is 31.0 Å². The molecule has 4 N–H and O–H groups in total. The number of carboxylic acids is 1. The fourth-order valence-electron chi connectivity index (χ4n) is 2.20. The third kappa shape index (κ3) is 7.17. The number of amides is 1.